The molecule has 0 aliphatic heterocycles. The minimum atomic E-state index is -0.711. The number of unbranched alkanes of at least 4 members (excludes halogenated alkanes) is 1. The highest BCUT2D eigenvalue weighted by atomic mass is 16.4. The summed E-state index contributed by atoms with van der Waals surface area (Å²) < 4.78 is 0. The number of rotatable bonds is 10. The fourth-order valence-corrected chi connectivity index (χ4v) is 2.54. The van der Waals surface area contributed by atoms with Crippen molar-refractivity contribution in [3.63, 3.8) is 0 Å². The molecule has 0 aromatic rings. The van der Waals surface area contributed by atoms with E-state index < -0.39 is 11.4 Å². The first-order chi connectivity index (χ1) is 8.06. The van der Waals surface area contributed by atoms with Gasteiger partial charge in [0, 0.05) is 6.54 Å². The van der Waals surface area contributed by atoms with Crippen molar-refractivity contribution in [1.29, 1.82) is 0 Å². The van der Waals surface area contributed by atoms with Gasteiger partial charge in [-0.05, 0) is 18.8 Å². The van der Waals surface area contributed by atoms with Gasteiger partial charge in [0.1, 0.15) is 0 Å². The average molecular weight is 243 g/mol. The molecule has 0 rings (SSSR count). The molecule has 3 N–H and O–H groups in total. The van der Waals surface area contributed by atoms with Crippen LogP contribution >= 0.6 is 0 Å². The summed E-state index contributed by atoms with van der Waals surface area (Å²) in [5.41, 5.74) is 5.05. The first-order valence-corrected chi connectivity index (χ1v) is 6.99. The third-order valence-electron chi connectivity index (χ3n) is 3.80. The lowest BCUT2D eigenvalue weighted by Gasteiger charge is -2.31. The van der Waals surface area contributed by atoms with E-state index in [2.05, 4.69) is 13.8 Å². The fraction of sp³-hybridized carbons (Fsp3) is 0.929. The SMILES string of the molecule is CCCCC(CC)CC(CN)(CCC)C(=O)O. The molecule has 0 heterocycles. The smallest absolute Gasteiger partial charge is 0.310 e. The summed E-state index contributed by atoms with van der Waals surface area (Å²) in [6.07, 6.45) is 6.86. The van der Waals surface area contributed by atoms with Crippen molar-refractivity contribution in [2.75, 3.05) is 6.54 Å². The molecule has 0 spiro atoms. The van der Waals surface area contributed by atoms with E-state index in [-0.39, 0.29) is 6.54 Å². The molecule has 17 heavy (non-hydrogen) atoms. The van der Waals surface area contributed by atoms with Crippen molar-refractivity contribution < 1.29 is 9.90 Å². The van der Waals surface area contributed by atoms with Gasteiger partial charge >= 0.3 is 5.97 Å². The molecule has 3 nitrogen and oxygen atoms in total. The maximum absolute atomic E-state index is 11.5. The second kappa shape index (κ2) is 8.51. The summed E-state index contributed by atoms with van der Waals surface area (Å²) in [5.74, 6) is -0.210. The Labute approximate surface area is 106 Å². The molecule has 2 unspecified atom stereocenters. The van der Waals surface area contributed by atoms with Gasteiger partial charge in [-0.2, -0.15) is 0 Å². The van der Waals surface area contributed by atoms with Gasteiger partial charge in [-0.25, -0.2) is 0 Å². The Balaban J connectivity index is 4.63. The van der Waals surface area contributed by atoms with Gasteiger partial charge in [-0.15, -0.1) is 0 Å². The zero-order valence-electron chi connectivity index (χ0n) is 11.7. The van der Waals surface area contributed by atoms with Gasteiger partial charge in [0.05, 0.1) is 5.41 Å². The lowest BCUT2D eigenvalue weighted by Crippen LogP contribution is -2.40. The Morgan fingerprint density at radius 3 is 2.29 bits per heavy atom. The van der Waals surface area contributed by atoms with Gasteiger partial charge in [0.2, 0.25) is 0 Å². The van der Waals surface area contributed by atoms with Gasteiger partial charge in [0.25, 0.3) is 0 Å². The molecule has 0 fully saturated rings. The van der Waals surface area contributed by atoms with Crippen molar-refractivity contribution in [3.8, 4) is 0 Å². The minimum Gasteiger partial charge on any atom is -0.481 e. The van der Waals surface area contributed by atoms with E-state index in [0.29, 0.717) is 12.3 Å². The minimum absolute atomic E-state index is 0.263. The predicted octanol–water partition coefficient (Wildman–Crippen LogP) is 3.42. The normalized spacial score (nSPS) is 16.5. The lowest BCUT2D eigenvalue weighted by atomic mass is 9.74. The van der Waals surface area contributed by atoms with E-state index in [9.17, 15) is 9.90 Å². The average Bonchev–Trinajstić information content (AvgIpc) is 2.32. The summed E-state index contributed by atoms with van der Waals surface area (Å²) in [4.78, 5) is 11.5. The van der Waals surface area contributed by atoms with Gasteiger partial charge in [-0.3, -0.25) is 4.79 Å². The second-order valence-electron chi connectivity index (χ2n) is 5.16. The summed E-state index contributed by atoms with van der Waals surface area (Å²) in [5, 5.41) is 9.44. The van der Waals surface area contributed by atoms with Crippen LogP contribution < -0.4 is 5.73 Å². The number of carboxylic acids is 1. The molecular formula is C14H29NO2. The van der Waals surface area contributed by atoms with E-state index in [4.69, 9.17) is 5.73 Å². The van der Waals surface area contributed by atoms with Crippen LogP contribution in [0.1, 0.15) is 65.7 Å². The molecule has 0 radical (unpaired) electrons. The van der Waals surface area contributed by atoms with Gasteiger partial charge in [-0.1, -0.05) is 52.9 Å². The van der Waals surface area contributed by atoms with E-state index in [1.807, 2.05) is 6.92 Å². The lowest BCUT2D eigenvalue weighted by molar-refractivity contribution is -0.150. The molecule has 0 aromatic carbocycles. The summed E-state index contributed by atoms with van der Waals surface area (Å²) in [7, 11) is 0. The molecule has 0 amide bonds. The van der Waals surface area contributed by atoms with Crippen molar-refractivity contribution in [2.24, 2.45) is 17.1 Å². The Morgan fingerprint density at radius 1 is 1.29 bits per heavy atom. The maximum Gasteiger partial charge on any atom is 0.310 e. The van der Waals surface area contributed by atoms with Crippen LogP contribution in [0.25, 0.3) is 0 Å². The highest BCUT2D eigenvalue weighted by Gasteiger charge is 2.37. The standard InChI is InChI=1S/C14H29NO2/c1-4-7-8-12(6-3)10-14(11-15,9-5-2)13(16)17/h12H,4-11,15H2,1-3H3,(H,16,17). The van der Waals surface area contributed by atoms with Crippen molar-refractivity contribution in [2.45, 2.75) is 65.7 Å². The molecular weight excluding hydrogens is 214 g/mol. The third-order valence-corrected chi connectivity index (χ3v) is 3.80. The topological polar surface area (TPSA) is 63.3 Å². The van der Waals surface area contributed by atoms with Crippen LogP contribution in [0, 0.1) is 11.3 Å². The largest absolute Gasteiger partial charge is 0.481 e. The molecule has 3 heteroatoms. The fourth-order valence-electron chi connectivity index (χ4n) is 2.54. The highest BCUT2D eigenvalue weighted by Crippen LogP contribution is 2.34. The van der Waals surface area contributed by atoms with Crippen LogP contribution in [0.3, 0.4) is 0 Å². The Bertz CT molecular complexity index is 218. The van der Waals surface area contributed by atoms with Crippen molar-refractivity contribution >= 4 is 5.97 Å². The number of nitrogens with two attached hydrogens (primary N) is 1. The molecule has 102 valence electrons. The number of hydrogen-bond acceptors (Lipinski definition) is 2. The van der Waals surface area contributed by atoms with Crippen LogP contribution in [0.5, 0.6) is 0 Å². The summed E-state index contributed by atoms with van der Waals surface area (Å²) in [6, 6.07) is 0. The molecule has 0 saturated heterocycles. The van der Waals surface area contributed by atoms with Crippen LogP contribution in [0.2, 0.25) is 0 Å². The van der Waals surface area contributed by atoms with Crippen LogP contribution in [0.15, 0.2) is 0 Å². The van der Waals surface area contributed by atoms with Crippen LogP contribution in [-0.4, -0.2) is 17.6 Å². The quantitative estimate of drug-likeness (QED) is 0.618. The number of hydrogen-bond donors (Lipinski definition) is 2. The third kappa shape index (κ3) is 5.07. The Morgan fingerprint density at radius 2 is 1.94 bits per heavy atom. The first-order valence-electron chi connectivity index (χ1n) is 6.99. The molecule has 2 atom stereocenters. The zero-order valence-corrected chi connectivity index (χ0v) is 11.7. The molecule has 0 saturated carbocycles. The number of aliphatic carboxylic acids is 1. The van der Waals surface area contributed by atoms with E-state index in [0.717, 1.165) is 25.7 Å². The predicted molar refractivity (Wildman–Crippen MR) is 72.0 cm³/mol. The van der Waals surface area contributed by atoms with Gasteiger partial charge in [0.15, 0.2) is 0 Å². The van der Waals surface area contributed by atoms with Gasteiger partial charge < -0.3 is 10.8 Å². The molecule has 0 bridgehead atoms. The summed E-state index contributed by atoms with van der Waals surface area (Å²) in [6.45, 7) is 6.61. The monoisotopic (exact) mass is 243 g/mol. The van der Waals surface area contributed by atoms with Crippen molar-refractivity contribution in [3.05, 3.63) is 0 Å². The molecule has 0 aromatic heterocycles. The second-order valence-corrected chi connectivity index (χ2v) is 5.16. The number of carboxylic acid groups (broad SMARTS) is 1. The first kappa shape index (κ1) is 16.4. The Hall–Kier alpha value is -0.570. The van der Waals surface area contributed by atoms with E-state index in [1.54, 1.807) is 0 Å². The van der Waals surface area contributed by atoms with Crippen LogP contribution in [0.4, 0.5) is 0 Å². The van der Waals surface area contributed by atoms with E-state index >= 15 is 0 Å². The highest BCUT2D eigenvalue weighted by molar-refractivity contribution is 5.74. The summed E-state index contributed by atoms with van der Waals surface area (Å²) >= 11 is 0. The zero-order chi connectivity index (χ0) is 13.3. The maximum atomic E-state index is 11.5. The Kier molecular flexibility index (Phi) is 8.23. The number of carbonyl (C=O) groups is 1. The van der Waals surface area contributed by atoms with Crippen LogP contribution in [-0.2, 0) is 4.79 Å². The van der Waals surface area contributed by atoms with Crippen molar-refractivity contribution in [1.82, 2.24) is 0 Å². The molecule has 0 aliphatic carbocycles. The molecule has 0 aliphatic rings. The van der Waals surface area contributed by atoms with E-state index in [1.165, 1.54) is 12.8 Å².